The third-order valence-electron chi connectivity index (χ3n) is 5.66. The molecule has 8 heteroatoms. The summed E-state index contributed by atoms with van der Waals surface area (Å²) < 4.78 is 19.0. The number of nitrogens with one attached hydrogen (secondary N) is 1. The summed E-state index contributed by atoms with van der Waals surface area (Å²) >= 11 is 0. The zero-order chi connectivity index (χ0) is 20.4. The molecule has 1 N–H and O–H groups in total. The van der Waals surface area contributed by atoms with Crippen LogP contribution in [0.3, 0.4) is 0 Å². The normalized spacial score (nSPS) is 24.6. The fraction of sp³-hybridized carbons (Fsp3) is 0.476. The monoisotopic (exact) mass is 397 g/mol. The van der Waals surface area contributed by atoms with Gasteiger partial charge in [0.1, 0.15) is 23.5 Å². The summed E-state index contributed by atoms with van der Waals surface area (Å²) in [6, 6.07) is 9.36. The van der Waals surface area contributed by atoms with Crippen LogP contribution in [0.1, 0.15) is 12.8 Å². The first-order valence-electron chi connectivity index (χ1n) is 9.83. The van der Waals surface area contributed by atoms with E-state index in [4.69, 9.17) is 10.00 Å². The second-order valence-electron chi connectivity index (χ2n) is 7.60. The molecule has 1 amide bonds. The van der Waals surface area contributed by atoms with Crippen molar-refractivity contribution in [2.45, 2.75) is 31.1 Å². The Morgan fingerprint density at radius 1 is 1.41 bits per heavy atom. The first-order chi connectivity index (χ1) is 14.1. The topological polar surface area (TPSA) is 81.5 Å². The second kappa shape index (κ2) is 8.21. The summed E-state index contributed by atoms with van der Waals surface area (Å²) in [5.41, 5.74) is 1.79. The Morgan fingerprint density at radius 2 is 2.28 bits per heavy atom. The van der Waals surface area contributed by atoms with Crippen LogP contribution in [0.2, 0.25) is 0 Å². The largest absolute Gasteiger partial charge is 0.494 e. The van der Waals surface area contributed by atoms with Gasteiger partial charge < -0.3 is 15.0 Å². The number of hydrogen-bond donors (Lipinski definition) is 1. The number of hydrogen-bond acceptors (Lipinski definition) is 6. The van der Waals surface area contributed by atoms with Crippen LogP contribution in [0.15, 0.2) is 30.5 Å². The predicted molar refractivity (Wildman–Crippen MR) is 107 cm³/mol. The molecule has 0 radical (unpaired) electrons. The van der Waals surface area contributed by atoms with Gasteiger partial charge in [-0.25, -0.2) is 4.39 Å². The van der Waals surface area contributed by atoms with Gasteiger partial charge in [0, 0.05) is 42.8 Å². The van der Waals surface area contributed by atoms with Crippen molar-refractivity contribution in [3.8, 4) is 11.8 Å². The molecule has 0 aliphatic carbocycles. The van der Waals surface area contributed by atoms with Gasteiger partial charge >= 0.3 is 0 Å². The van der Waals surface area contributed by atoms with Gasteiger partial charge in [-0.2, -0.15) is 5.26 Å². The zero-order valence-corrected chi connectivity index (χ0v) is 16.3. The molecule has 0 saturated carbocycles. The Labute approximate surface area is 169 Å². The number of nitrogens with zero attached hydrogens (tertiary/aromatic N) is 4. The number of amides is 1. The van der Waals surface area contributed by atoms with E-state index >= 15 is 0 Å². The Morgan fingerprint density at radius 3 is 3.07 bits per heavy atom. The first-order valence-corrected chi connectivity index (χ1v) is 9.83. The smallest absolute Gasteiger partial charge is 0.237 e. The molecule has 2 fully saturated rings. The Kier molecular flexibility index (Phi) is 5.49. The predicted octanol–water partition coefficient (Wildman–Crippen LogP) is 2.19. The lowest BCUT2D eigenvalue weighted by molar-refractivity contribution is -0.132. The van der Waals surface area contributed by atoms with Crippen LogP contribution in [-0.4, -0.2) is 72.2 Å². The van der Waals surface area contributed by atoms with Crippen LogP contribution < -0.4 is 10.1 Å². The van der Waals surface area contributed by atoms with Crippen LogP contribution in [-0.2, 0) is 4.79 Å². The van der Waals surface area contributed by atoms with Crippen molar-refractivity contribution in [2.24, 2.45) is 0 Å². The molecule has 152 valence electrons. The van der Waals surface area contributed by atoms with Gasteiger partial charge in [0.15, 0.2) is 0 Å². The Bertz CT molecular complexity index is 946. The van der Waals surface area contributed by atoms with Gasteiger partial charge in [-0.15, -0.1) is 0 Å². The number of halogens is 1. The molecule has 1 aromatic heterocycles. The first kappa shape index (κ1) is 19.4. The van der Waals surface area contributed by atoms with E-state index in [-0.39, 0.29) is 31.5 Å². The highest BCUT2D eigenvalue weighted by Crippen LogP contribution is 2.30. The number of methoxy groups -OCH3 is 1. The van der Waals surface area contributed by atoms with Crippen LogP contribution in [0.4, 0.5) is 10.1 Å². The molecule has 2 saturated heterocycles. The number of carbonyl (C=O) groups excluding carboxylic acids is 1. The summed E-state index contributed by atoms with van der Waals surface area (Å²) in [6.07, 6.45) is 1.67. The van der Waals surface area contributed by atoms with Crippen molar-refractivity contribution >= 4 is 22.5 Å². The average Bonchev–Trinajstić information content (AvgIpc) is 3.33. The van der Waals surface area contributed by atoms with Crippen molar-refractivity contribution in [2.75, 3.05) is 38.6 Å². The summed E-state index contributed by atoms with van der Waals surface area (Å²) in [5, 5.41) is 13.7. The molecular weight excluding hydrogens is 373 g/mol. The lowest BCUT2D eigenvalue weighted by atomic mass is 10.1. The number of para-hydroxylation sites is 1. The van der Waals surface area contributed by atoms with Crippen LogP contribution >= 0.6 is 0 Å². The maximum absolute atomic E-state index is 13.6. The van der Waals surface area contributed by atoms with Gasteiger partial charge in [0.05, 0.1) is 26.3 Å². The fourth-order valence-corrected chi connectivity index (χ4v) is 4.22. The van der Waals surface area contributed by atoms with Crippen LogP contribution in [0, 0.1) is 11.3 Å². The number of anilines is 1. The molecular formula is C21H24FN5O2. The highest BCUT2D eigenvalue weighted by Gasteiger charge is 2.36. The van der Waals surface area contributed by atoms with E-state index in [1.807, 2.05) is 30.3 Å². The van der Waals surface area contributed by atoms with Crippen molar-refractivity contribution in [3.05, 3.63) is 30.5 Å². The molecule has 2 aromatic rings. The highest BCUT2D eigenvalue weighted by molar-refractivity contribution is 5.94. The molecule has 0 bridgehead atoms. The number of rotatable bonds is 5. The lowest BCUT2D eigenvalue weighted by Crippen LogP contribution is -2.42. The van der Waals surface area contributed by atoms with Crippen molar-refractivity contribution < 1.29 is 13.9 Å². The SMILES string of the molecule is COc1cccc2c(N[C@@H]3CCN(CC(=O)N4C[C@@H](F)CC4C#N)C3)ccnc12. The van der Waals surface area contributed by atoms with E-state index in [1.54, 1.807) is 13.3 Å². The Balaban J connectivity index is 1.39. The minimum atomic E-state index is -1.10. The quantitative estimate of drug-likeness (QED) is 0.833. The molecule has 2 aliphatic heterocycles. The number of fused-ring (bicyclic) bond motifs is 1. The summed E-state index contributed by atoms with van der Waals surface area (Å²) in [7, 11) is 1.63. The van der Waals surface area contributed by atoms with Gasteiger partial charge in [-0.05, 0) is 18.6 Å². The second-order valence-corrected chi connectivity index (χ2v) is 7.60. The van der Waals surface area contributed by atoms with E-state index in [9.17, 15) is 9.18 Å². The van der Waals surface area contributed by atoms with E-state index < -0.39 is 12.2 Å². The van der Waals surface area contributed by atoms with Gasteiger partial charge in [-0.3, -0.25) is 14.7 Å². The zero-order valence-electron chi connectivity index (χ0n) is 16.3. The van der Waals surface area contributed by atoms with E-state index in [0.29, 0.717) is 6.54 Å². The lowest BCUT2D eigenvalue weighted by Gasteiger charge is -2.23. The minimum Gasteiger partial charge on any atom is -0.494 e. The number of pyridine rings is 1. The number of ether oxygens (including phenoxy) is 1. The minimum absolute atomic E-state index is 0.0252. The Hall–Kier alpha value is -2.92. The molecule has 7 nitrogen and oxygen atoms in total. The molecule has 0 spiro atoms. The molecule has 29 heavy (non-hydrogen) atoms. The summed E-state index contributed by atoms with van der Waals surface area (Å²) in [5.74, 6) is 0.560. The van der Waals surface area contributed by atoms with Gasteiger partial charge in [0.2, 0.25) is 5.91 Å². The van der Waals surface area contributed by atoms with E-state index in [1.165, 1.54) is 4.90 Å². The molecule has 2 aliphatic rings. The molecule has 3 atom stereocenters. The van der Waals surface area contributed by atoms with Crippen molar-refractivity contribution in [1.29, 1.82) is 5.26 Å². The maximum atomic E-state index is 13.6. The molecule has 4 rings (SSSR count). The maximum Gasteiger partial charge on any atom is 0.237 e. The molecule has 3 heterocycles. The van der Waals surface area contributed by atoms with E-state index in [2.05, 4.69) is 15.2 Å². The third kappa shape index (κ3) is 3.96. The highest BCUT2D eigenvalue weighted by atomic mass is 19.1. The number of aromatic nitrogens is 1. The standard InChI is InChI=1S/C21H24FN5O2/c1-29-19-4-2-3-17-18(5-7-24-21(17)19)25-15-6-8-26(12-15)13-20(28)27-11-14(22)9-16(27)10-23/h2-5,7,14-16H,6,8-9,11-13H2,1H3,(H,24,25)/t14-,15+,16?/m0/s1. The number of nitriles is 1. The average molecular weight is 397 g/mol. The van der Waals surface area contributed by atoms with Gasteiger partial charge in [-0.1, -0.05) is 12.1 Å². The number of likely N-dealkylation sites (tertiary alicyclic amines) is 2. The van der Waals surface area contributed by atoms with Crippen LogP contribution in [0.25, 0.3) is 10.9 Å². The van der Waals surface area contributed by atoms with Crippen molar-refractivity contribution in [1.82, 2.24) is 14.8 Å². The summed E-state index contributed by atoms with van der Waals surface area (Å²) in [4.78, 5) is 20.4. The number of carbonyl (C=O) groups is 1. The van der Waals surface area contributed by atoms with Crippen LogP contribution in [0.5, 0.6) is 5.75 Å². The number of alkyl halides is 1. The fourth-order valence-electron chi connectivity index (χ4n) is 4.22. The van der Waals surface area contributed by atoms with E-state index in [0.717, 1.165) is 35.3 Å². The van der Waals surface area contributed by atoms with Crippen molar-refractivity contribution in [3.63, 3.8) is 0 Å². The molecule has 1 aromatic carbocycles. The molecule has 1 unspecified atom stereocenters. The summed E-state index contributed by atoms with van der Waals surface area (Å²) in [6.45, 7) is 1.73. The third-order valence-corrected chi connectivity index (χ3v) is 5.66. The number of benzene rings is 1. The van der Waals surface area contributed by atoms with Gasteiger partial charge in [0.25, 0.3) is 0 Å².